The SMILES string of the molecule is CCCC(F)(F)C(C)(CC(F)CCF)C(F)(F)F. The third kappa shape index (κ3) is 3.75. The maximum absolute atomic E-state index is 13.6. The molecule has 7 heteroatoms. The lowest BCUT2D eigenvalue weighted by Gasteiger charge is -2.39. The van der Waals surface area contributed by atoms with Crippen molar-refractivity contribution >= 4 is 0 Å². The van der Waals surface area contributed by atoms with E-state index in [1.165, 1.54) is 6.92 Å². The van der Waals surface area contributed by atoms with Gasteiger partial charge in [0.25, 0.3) is 5.92 Å². The van der Waals surface area contributed by atoms with E-state index >= 15 is 0 Å². The zero-order valence-electron chi connectivity index (χ0n) is 10.3. The first-order valence-electron chi connectivity index (χ1n) is 5.66. The summed E-state index contributed by atoms with van der Waals surface area (Å²) in [5.41, 5.74) is -3.47. The molecule has 0 amide bonds. The van der Waals surface area contributed by atoms with Crippen molar-refractivity contribution in [1.82, 2.24) is 0 Å². The monoisotopic (exact) mass is 282 g/mol. The first-order valence-corrected chi connectivity index (χ1v) is 5.66. The van der Waals surface area contributed by atoms with Gasteiger partial charge in [0.15, 0.2) is 0 Å². The van der Waals surface area contributed by atoms with Crippen LogP contribution in [0.15, 0.2) is 0 Å². The van der Waals surface area contributed by atoms with Crippen LogP contribution in [-0.4, -0.2) is 24.9 Å². The van der Waals surface area contributed by atoms with Gasteiger partial charge in [-0.1, -0.05) is 13.3 Å². The van der Waals surface area contributed by atoms with Crippen LogP contribution in [0.3, 0.4) is 0 Å². The molecule has 0 spiro atoms. The zero-order chi connectivity index (χ0) is 14.6. The minimum absolute atomic E-state index is 0.154. The summed E-state index contributed by atoms with van der Waals surface area (Å²) in [7, 11) is 0. The number of hydrogen-bond acceptors (Lipinski definition) is 0. The smallest absolute Gasteiger partial charge is 0.251 e. The van der Waals surface area contributed by atoms with E-state index in [0.717, 1.165) is 0 Å². The second kappa shape index (κ2) is 6.10. The summed E-state index contributed by atoms with van der Waals surface area (Å²) < 4.78 is 90.5. The molecule has 0 heterocycles. The Kier molecular flexibility index (Phi) is 5.94. The van der Waals surface area contributed by atoms with Gasteiger partial charge in [-0.15, -0.1) is 0 Å². The van der Waals surface area contributed by atoms with E-state index in [1.54, 1.807) is 0 Å². The Morgan fingerprint density at radius 3 is 1.89 bits per heavy atom. The van der Waals surface area contributed by atoms with E-state index in [-0.39, 0.29) is 6.42 Å². The van der Waals surface area contributed by atoms with Gasteiger partial charge in [0.05, 0.1) is 6.67 Å². The molecule has 0 aliphatic heterocycles. The van der Waals surface area contributed by atoms with Crippen LogP contribution in [-0.2, 0) is 0 Å². The highest BCUT2D eigenvalue weighted by molar-refractivity contribution is 4.96. The first-order chi connectivity index (χ1) is 8.02. The number of rotatable bonds is 7. The molecule has 0 aliphatic carbocycles. The molecule has 0 nitrogen and oxygen atoms in total. The Balaban J connectivity index is 5.19. The second-order valence-electron chi connectivity index (χ2n) is 4.56. The van der Waals surface area contributed by atoms with E-state index in [4.69, 9.17) is 0 Å². The molecule has 0 aliphatic rings. The average molecular weight is 282 g/mol. The van der Waals surface area contributed by atoms with Crippen LogP contribution in [0.1, 0.15) is 39.5 Å². The van der Waals surface area contributed by atoms with Crippen LogP contribution in [0.2, 0.25) is 0 Å². The van der Waals surface area contributed by atoms with Crippen LogP contribution in [0.25, 0.3) is 0 Å². The molecule has 0 aromatic carbocycles. The van der Waals surface area contributed by atoms with Crippen molar-refractivity contribution in [2.75, 3.05) is 6.67 Å². The molecule has 18 heavy (non-hydrogen) atoms. The number of hydrogen-bond donors (Lipinski definition) is 0. The lowest BCUT2D eigenvalue weighted by Crippen LogP contribution is -2.51. The first kappa shape index (κ1) is 17.5. The van der Waals surface area contributed by atoms with Gasteiger partial charge >= 0.3 is 6.18 Å². The molecule has 0 radical (unpaired) electrons. The summed E-state index contributed by atoms with van der Waals surface area (Å²) in [4.78, 5) is 0. The van der Waals surface area contributed by atoms with Crippen molar-refractivity contribution < 1.29 is 30.7 Å². The second-order valence-corrected chi connectivity index (χ2v) is 4.56. The van der Waals surface area contributed by atoms with Gasteiger partial charge in [-0.05, 0) is 13.3 Å². The normalized spacial score (nSPS) is 18.5. The minimum atomic E-state index is -5.24. The molecule has 0 N–H and O–H groups in total. The van der Waals surface area contributed by atoms with E-state index < -0.39 is 49.6 Å². The van der Waals surface area contributed by atoms with E-state index in [9.17, 15) is 30.7 Å². The predicted molar refractivity (Wildman–Crippen MR) is 54.1 cm³/mol. The molecule has 0 saturated heterocycles. The maximum Gasteiger partial charge on any atom is 0.400 e. The predicted octanol–water partition coefficient (Wildman–Crippen LogP) is 5.08. The van der Waals surface area contributed by atoms with Crippen molar-refractivity contribution in [2.24, 2.45) is 5.41 Å². The largest absolute Gasteiger partial charge is 0.400 e. The van der Waals surface area contributed by atoms with Crippen molar-refractivity contribution in [3.8, 4) is 0 Å². The molecule has 110 valence electrons. The van der Waals surface area contributed by atoms with Gasteiger partial charge in [0, 0.05) is 12.8 Å². The Labute approximate surface area is 102 Å². The van der Waals surface area contributed by atoms with Gasteiger partial charge in [0.2, 0.25) is 0 Å². The van der Waals surface area contributed by atoms with E-state index in [2.05, 4.69) is 0 Å². The fourth-order valence-electron chi connectivity index (χ4n) is 1.73. The van der Waals surface area contributed by atoms with E-state index in [1.807, 2.05) is 0 Å². The fraction of sp³-hybridized carbons (Fsp3) is 1.00. The molecular formula is C11H17F7. The Morgan fingerprint density at radius 1 is 1.06 bits per heavy atom. The summed E-state index contributed by atoms with van der Waals surface area (Å²) in [6, 6.07) is 0. The van der Waals surface area contributed by atoms with Crippen molar-refractivity contribution in [1.29, 1.82) is 0 Å². The third-order valence-corrected chi connectivity index (χ3v) is 3.05. The van der Waals surface area contributed by atoms with Crippen molar-refractivity contribution in [2.45, 2.75) is 57.8 Å². The molecule has 0 bridgehead atoms. The van der Waals surface area contributed by atoms with Gasteiger partial charge in [-0.3, -0.25) is 4.39 Å². The summed E-state index contributed by atoms with van der Waals surface area (Å²) in [6.07, 6.45) is -10.8. The van der Waals surface area contributed by atoms with Gasteiger partial charge in [-0.25, -0.2) is 13.2 Å². The summed E-state index contributed by atoms with van der Waals surface area (Å²) in [5, 5.41) is 0. The highest BCUT2D eigenvalue weighted by Gasteiger charge is 2.65. The third-order valence-electron chi connectivity index (χ3n) is 3.05. The Bertz CT molecular complexity index is 248. The maximum atomic E-state index is 13.6. The van der Waals surface area contributed by atoms with Gasteiger partial charge < -0.3 is 0 Å². The van der Waals surface area contributed by atoms with Gasteiger partial charge in [-0.2, -0.15) is 13.2 Å². The highest BCUT2D eigenvalue weighted by Crippen LogP contribution is 2.54. The van der Waals surface area contributed by atoms with Crippen LogP contribution in [0.5, 0.6) is 0 Å². The summed E-state index contributed by atoms with van der Waals surface area (Å²) >= 11 is 0. The van der Waals surface area contributed by atoms with Crippen molar-refractivity contribution in [3.05, 3.63) is 0 Å². The molecule has 2 unspecified atom stereocenters. The van der Waals surface area contributed by atoms with E-state index in [0.29, 0.717) is 6.92 Å². The topological polar surface area (TPSA) is 0 Å². The van der Waals surface area contributed by atoms with Crippen LogP contribution in [0.4, 0.5) is 30.7 Å². The lowest BCUT2D eigenvalue weighted by molar-refractivity contribution is -0.300. The average Bonchev–Trinajstić information content (AvgIpc) is 2.15. The van der Waals surface area contributed by atoms with Crippen LogP contribution < -0.4 is 0 Å². The standard InChI is InChI=1S/C11H17F7/c1-3-5-10(14,15)9(2,11(16,17)18)7-8(13)4-6-12/h8H,3-7H2,1-2H3. The molecule has 0 rings (SSSR count). The van der Waals surface area contributed by atoms with Crippen molar-refractivity contribution in [3.63, 3.8) is 0 Å². The Morgan fingerprint density at radius 2 is 1.56 bits per heavy atom. The molecule has 0 aromatic heterocycles. The summed E-state index contributed by atoms with van der Waals surface area (Å²) in [5.74, 6) is -4.07. The van der Waals surface area contributed by atoms with Gasteiger partial charge in [0.1, 0.15) is 11.6 Å². The quantitative estimate of drug-likeness (QED) is 0.571. The van der Waals surface area contributed by atoms with Crippen LogP contribution >= 0.6 is 0 Å². The Hall–Kier alpha value is -0.490. The lowest BCUT2D eigenvalue weighted by atomic mass is 9.75. The summed E-state index contributed by atoms with van der Waals surface area (Å²) in [6.45, 7) is 0.446. The molecule has 0 fully saturated rings. The highest BCUT2D eigenvalue weighted by atomic mass is 19.4. The molecular weight excluding hydrogens is 265 g/mol. The molecule has 2 atom stereocenters. The fourth-order valence-corrected chi connectivity index (χ4v) is 1.73. The number of halogens is 7. The molecule has 0 aromatic rings. The molecule has 0 saturated carbocycles. The van der Waals surface area contributed by atoms with Crippen LogP contribution in [0, 0.1) is 5.41 Å². The zero-order valence-corrected chi connectivity index (χ0v) is 10.3. The minimum Gasteiger partial charge on any atom is -0.251 e. The number of alkyl halides is 7.